The Hall–Kier alpha value is -1.32. The third kappa shape index (κ3) is 1.89. The molecule has 0 N–H and O–H groups in total. The predicted octanol–water partition coefficient (Wildman–Crippen LogP) is 1.06. The van der Waals surface area contributed by atoms with Crippen LogP contribution in [0.15, 0.2) is 12.2 Å². The second-order valence-electron chi connectivity index (χ2n) is 4.10. The summed E-state index contributed by atoms with van der Waals surface area (Å²) in [5.41, 5.74) is 0. The van der Waals surface area contributed by atoms with Crippen LogP contribution in [0, 0.1) is 11.8 Å². The Bertz CT molecular complexity index is 291. The zero-order valence-electron chi connectivity index (χ0n) is 8.80. The van der Waals surface area contributed by atoms with Gasteiger partial charge in [-0.25, -0.2) is 0 Å². The van der Waals surface area contributed by atoms with E-state index in [1.807, 2.05) is 12.2 Å². The highest BCUT2D eigenvalue weighted by molar-refractivity contribution is 5.67. The van der Waals surface area contributed by atoms with Crippen LogP contribution in [0.25, 0.3) is 0 Å². The summed E-state index contributed by atoms with van der Waals surface area (Å²) in [7, 11) is 0. The summed E-state index contributed by atoms with van der Waals surface area (Å²) in [4.78, 5) is 21.8. The van der Waals surface area contributed by atoms with Gasteiger partial charge < -0.3 is 9.47 Å². The number of rotatable bonds is 2. The van der Waals surface area contributed by atoms with Crippen LogP contribution in [0.4, 0.5) is 0 Å². The van der Waals surface area contributed by atoms with Crippen molar-refractivity contribution in [2.75, 3.05) is 0 Å². The maximum Gasteiger partial charge on any atom is 0.303 e. The first-order chi connectivity index (χ1) is 7.08. The van der Waals surface area contributed by atoms with E-state index in [0.717, 1.165) is 6.42 Å². The van der Waals surface area contributed by atoms with E-state index in [2.05, 4.69) is 0 Å². The predicted molar refractivity (Wildman–Crippen MR) is 51.8 cm³/mol. The monoisotopic (exact) mass is 210 g/mol. The Morgan fingerprint density at radius 2 is 1.40 bits per heavy atom. The largest absolute Gasteiger partial charge is 0.458 e. The van der Waals surface area contributed by atoms with Gasteiger partial charge in [-0.15, -0.1) is 0 Å². The van der Waals surface area contributed by atoms with Gasteiger partial charge in [-0.3, -0.25) is 9.59 Å². The van der Waals surface area contributed by atoms with E-state index < -0.39 is 0 Å². The SMILES string of the molecule is CC(=O)O[C@@H]1[C@H](OC(C)=O)[C@H]2C=C[C@@H]1C2. The van der Waals surface area contributed by atoms with E-state index in [9.17, 15) is 9.59 Å². The minimum Gasteiger partial charge on any atom is -0.458 e. The molecular formula is C11H14O4. The number of esters is 2. The van der Waals surface area contributed by atoms with Crippen molar-refractivity contribution in [1.29, 1.82) is 0 Å². The number of hydrogen-bond acceptors (Lipinski definition) is 4. The number of fused-ring (bicyclic) bond motifs is 2. The summed E-state index contributed by atoms with van der Waals surface area (Å²) >= 11 is 0. The molecule has 2 aliphatic rings. The number of carbonyl (C=O) groups excluding carboxylic acids is 2. The molecule has 0 radical (unpaired) electrons. The van der Waals surface area contributed by atoms with Crippen molar-refractivity contribution in [2.45, 2.75) is 32.5 Å². The first kappa shape index (κ1) is 10.2. The first-order valence-corrected chi connectivity index (χ1v) is 5.10. The fraction of sp³-hybridized carbons (Fsp3) is 0.636. The van der Waals surface area contributed by atoms with E-state index in [1.165, 1.54) is 13.8 Å². The molecule has 2 bridgehead atoms. The van der Waals surface area contributed by atoms with Gasteiger partial charge in [0.2, 0.25) is 0 Å². The average molecular weight is 210 g/mol. The summed E-state index contributed by atoms with van der Waals surface area (Å²) in [6.07, 6.45) is 4.41. The molecule has 1 fully saturated rings. The van der Waals surface area contributed by atoms with Crippen molar-refractivity contribution in [3.63, 3.8) is 0 Å². The van der Waals surface area contributed by atoms with Crippen LogP contribution in [-0.4, -0.2) is 24.1 Å². The minimum absolute atomic E-state index is 0.211. The number of carbonyl (C=O) groups is 2. The van der Waals surface area contributed by atoms with Gasteiger partial charge in [-0.1, -0.05) is 12.2 Å². The summed E-state index contributed by atoms with van der Waals surface area (Å²) in [5, 5.41) is 0. The van der Waals surface area contributed by atoms with Gasteiger partial charge in [0.25, 0.3) is 0 Å². The van der Waals surface area contributed by atoms with Crippen LogP contribution < -0.4 is 0 Å². The lowest BCUT2D eigenvalue weighted by Gasteiger charge is -2.26. The summed E-state index contributed by atoms with van der Waals surface area (Å²) < 4.78 is 10.4. The van der Waals surface area contributed by atoms with Crippen molar-refractivity contribution in [3.05, 3.63) is 12.2 Å². The van der Waals surface area contributed by atoms with Gasteiger partial charge in [-0.2, -0.15) is 0 Å². The van der Waals surface area contributed by atoms with Crippen LogP contribution in [-0.2, 0) is 19.1 Å². The van der Waals surface area contributed by atoms with Crippen LogP contribution in [0.2, 0.25) is 0 Å². The lowest BCUT2D eigenvalue weighted by molar-refractivity contribution is -0.166. The number of ether oxygens (including phenoxy) is 2. The summed E-state index contributed by atoms with van der Waals surface area (Å²) in [6, 6.07) is 0. The lowest BCUT2D eigenvalue weighted by atomic mass is 10.0. The maximum absolute atomic E-state index is 10.9. The molecular weight excluding hydrogens is 196 g/mol. The van der Waals surface area contributed by atoms with Gasteiger partial charge in [0.1, 0.15) is 12.2 Å². The first-order valence-electron chi connectivity index (χ1n) is 5.10. The highest BCUT2D eigenvalue weighted by Gasteiger charge is 2.48. The zero-order valence-corrected chi connectivity index (χ0v) is 8.80. The smallest absolute Gasteiger partial charge is 0.303 e. The highest BCUT2D eigenvalue weighted by Crippen LogP contribution is 2.42. The molecule has 0 saturated heterocycles. The van der Waals surface area contributed by atoms with Crippen molar-refractivity contribution in [1.82, 2.24) is 0 Å². The van der Waals surface area contributed by atoms with E-state index >= 15 is 0 Å². The van der Waals surface area contributed by atoms with Gasteiger partial charge >= 0.3 is 11.9 Å². The molecule has 0 unspecified atom stereocenters. The van der Waals surface area contributed by atoms with E-state index in [0.29, 0.717) is 0 Å². The fourth-order valence-electron chi connectivity index (χ4n) is 2.42. The summed E-state index contributed by atoms with van der Waals surface area (Å²) in [6.45, 7) is 2.75. The van der Waals surface area contributed by atoms with Crippen molar-refractivity contribution in [2.24, 2.45) is 11.8 Å². The quantitative estimate of drug-likeness (QED) is 0.505. The average Bonchev–Trinajstić information content (AvgIpc) is 2.67. The molecule has 0 heterocycles. The van der Waals surface area contributed by atoms with E-state index in [4.69, 9.17) is 9.47 Å². The molecule has 4 heteroatoms. The van der Waals surface area contributed by atoms with Crippen LogP contribution >= 0.6 is 0 Å². The lowest BCUT2D eigenvalue weighted by Crippen LogP contribution is -2.37. The molecule has 4 nitrogen and oxygen atoms in total. The van der Waals surface area contributed by atoms with Crippen LogP contribution in [0.1, 0.15) is 20.3 Å². The Morgan fingerprint density at radius 3 is 1.73 bits per heavy atom. The molecule has 4 atom stereocenters. The third-order valence-corrected chi connectivity index (χ3v) is 2.92. The molecule has 0 aromatic carbocycles. The fourth-order valence-corrected chi connectivity index (χ4v) is 2.42. The Balaban J connectivity index is 2.09. The standard InChI is InChI=1S/C11H14O4/c1-6(12)14-10-8-3-4-9(5-8)11(10)15-7(2)13/h3-4,8-11H,5H2,1-2H3/t8-,9+,10+,11-. The minimum atomic E-state index is -0.321. The second kappa shape index (κ2) is 3.68. The van der Waals surface area contributed by atoms with Gasteiger partial charge in [0, 0.05) is 25.7 Å². The van der Waals surface area contributed by atoms with Gasteiger partial charge in [-0.05, 0) is 6.42 Å². The van der Waals surface area contributed by atoms with E-state index in [1.54, 1.807) is 0 Å². The molecule has 0 aromatic heterocycles. The molecule has 82 valence electrons. The molecule has 0 spiro atoms. The zero-order chi connectivity index (χ0) is 11.0. The Kier molecular flexibility index (Phi) is 2.50. The van der Waals surface area contributed by atoms with Crippen molar-refractivity contribution in [3.8, 4) is 0 Å². The Labute approximate surface area is 88.2 Å². The van der Waals surface area contributed by atoms with E-state index in [-0.39, 0.29) is 36.0 Å². The topological polar surface area (TPSA) is 52.6 Å². The van der Waals surface area contributed by atoms with Crippen molar-refractivity contribution < 1.29 is 19.1 Å². The molecule has 0 aromatic rings. The highest BCUT2D eigenvalue weighted by atomic mass is 16.6. The maximum atomic E-state index is 10.9. The molecule has 0 aliphatic heterocycles. The van der Waals surface area contributed by atoms with Gasteiger partial charge in [0.05, 0.1) is 0 Å². The molecule has 1 saturated carbocycles. The molecule has 2 rings (SSSR count). The third-order valence-electron chi connectivity index (χ3n) is 2.92. The van der Waals surface area contributed by atoms with Crippen LogP contribution in [0.3, 0.4) is 0 Å². The normalized spacial score (nSPS) is 36.7. The number of hydrogen-bond donors (Lipinski definition) is 0. The molecule has 2 aliphatic carbocycles. The summed E-state index contributed by atoms with van der Waals surface area (Å²) in [5.74, 6) is -0.220. The molecule has 15 heavy (non-hydrogen) atoms. The molecule has 0 amide bonds. The second-order valence-corrected chi connectivity index (χ2v) is 4.10. The van der Waals surface area contributed by atoms with Gasteiger partial charge in [0.15, 0.2) is 0 Å². The van der Waals surface area contributed by atoms with Crippen molar-refractivity contribution >= 4 is 11.9 Å². The Morgan fingerprint density at radius 1 is 1.00 bits per heavy atom. The van der Waals surface area contributed by atoms with Crippen LogP contribution in [0.5, 0.6) is 0 Å².